The van der Waals surface area contributed by atoms with Gasteiger partial charge in [-0.3, -0.25) is 4.79 Å². The average molecular weight is 400 g/mol. The fraction of sp³-hybridized carbons (Fsp3) is 0.368. The number of aromatic nitrogens is 3. The van der Waals surface area contributed by atoms with E-state index in [1.54, 1.807) is 12.3 Å². The van der Waals surface area contributed by atoms with Gasteiger partial charge in [0.05, 0.1) is 19.4 Å². The third kappa shape index (κ3) is 4.36. The van der Waals surface area contributed by atoms with Crippen LogP contribution in [-0.4, -0.2) is 57.8 Å². The minimum atomic E-state index is -0.105. The third-order valence-corrected chi connectivity index (χ3v) is 5.22. The number of oxazole rings is 1. The molecule has 3 aromatic rings. The van der Waals surface area contributed by atoms with E-state index in [1.807, 2.05) is 29.2 Å². The van der Waals surface area contributed by atoms with Gasteiger partial charge in [0, 0.05) is 18.8 Å². The molecule has 0 bridgehead atoms. The number of rotatable bonds is 6. The molecule has 1 aliphatic rings. The lowest BCUT2D eigenvalue weighted by atomic mass is 10.1. The van der Waals surface area contributed by atoms with Crippen LogP contribution in [0.4, 0.5) is 0 Å². The van der Waals surface area contributed by atoms with Gasteiger partial charge in [-0.15, -0.1) is 0 Å². The van der Waals surface area contributed by atoms with E-state index in [2.05, 4.69) is 15.0 Å². The van der Waals surface area contributed by atoms with Crippen LogP contribution in [0.15, 0.2) is 46.2 Å². The van der Waals surface area contributed by atoms with Crippen LogP contribution in [-0.2, 0) is 4.79 Å². The molecule has 1 atom stereocenters. The lowest BCUT2D eigenvalue weighted by molar-refractivity contribution is -0.131. The molecule has 0 N–H and O–H groups in total. The molecule has 1 aliphatic heterocycles. The molecule has 1 amide bonds. The number of carbonyl (C=O) groups is 1. The average Bonchev–Trinajstić information content (AvgIpc) is 3.15. The summed E-state index contributed by atoms with van der Waals surface area (Å²) in [6, 6.07) is 9.50. The number of hydrogen-bond acceptors (Lipinski definition) is 8. The van der Waals surface area contributed by atoms with Crippen LogP contribution >= 0.6 is 11.8 Å². The molecule has 0 aliphatic carbocycles. The summed E-state index contributed by atoms with van der Waals surface area (Å²) in [4.78, 5) is 27.0. The summed E-state index contributed by atoms with van der Waals surface area (Å²) < 4.78 is 16.6. The first-order valence-corrected chi connectivity index (χ1v) is 9.99. The molecule has 4 rings (SSSR count). The Hall–Kier alpha value is -2.81. The van der Waals surface area contributed by atoms with E-state index in [-0.39, 0.29) is 23.8 Å². The van der Waals surface area contributed by atoms with E-state index >= 15 is 0 Å². The van der Waals surface area contributed by atoms with Crippen molar-refractivity contribution in [1.82, 2.24) is 19.9 Å². The quantitative estimate of drug-likeness (QED) is 0.584. The molecule has 1 fully saturated rings. The van der Waals surface area contributed by atoms with E-state index in [1.165, 1.54) is 18.9 Å². The van der Waals surface area contributed by atoms with Crippen LogP contribution in [0, 0.1) is 0 Å². The van der Waals surface area contributed by atoms with Crippen molar-refractivity contribution in [2.45, 2.75) is 24.2 Å². The van der Waals surface area contributed by atoms with Gasteiger partial charge in [0.25, 0.3) is 5.22 Å². The van der Waals surface area contributed by atoms with E-state index in [9.17, 15) is 4.79 Å². The number of piperidine rings is 1. The summed E-state index contributed by atoms with van der Waals surface area (Å²) in [6.45, 7) is 1.25. The molecule has 0 radical (unpaired) electrons. The Kier molecular flexibility index (Phi) is 5.61. The predicted octanol–water partition coefficient (Wildman–Crippen LogP) is 2.79. The van der Waals surface area contributed by atoms with Crippen LogP contribution in [0.3, 0.4) is 0 Å². The van der Waals surface area contributed by atoms with Gasteiger partial charge >= 0.3 is 6.01 Å². The van der Waals surface area contributed by atoms with Crippen molar-refractivity contribution >= 4 is 28.8 Å². The molecular weight excluding hydrogens is 380 g/mol. The Morgan fingerprint density at radius 3 is 3.07 bits per heavy atom. The highest BCUT2D eigenvalue weighted by molar-refractivity contribution is 7.99. The number of methoxy groups -OCH3 is 1. The summed E-state index contributed by atoms with van der Waals surface area (Å²) in [6.07, 6.45) is 3.23. The zero-order chi connectivity index (χ0) is 19.3. The van der Waals surface area contributed by atoms with Gasteiger partial charge in [-0.25, -0.2) is 9.97 Å². The Bertz CT molecular complexity index is 931. The predicted molar refractivity (Wildman–Crippen MR) is 104 cm³/mol. The molecule has 8 nitrogen and oxygen atoms in total. The van der Waals surface area contributed by atoms with Crippen LogP contribution < -0.4 is 9.47 Å². The van der Waals surface area contributed by atoms with Gasteiger partial charge in [-0.2, -0.15) is 4.98 Å². The molecule has 1 aromatic carbocycles. The maximum Gasteiger partial charge on any atom is 0.319 e. The number of para-hydroxylation sites is 2. The van der Waals surface area contributed by atoms with Crippen molar-refractivity contribution in [2.75, 3.05) is 26.0 Å². The van der Waals surface area contributed by atoms with Crippen molar-refractivity contribution in [3.63, 3.8) is 0 Å². The maximum absolute atomic E-state index is 12.6. The molecule has 0 spiro atoms. The second-order valence-electron chi connectivity index (χ2n) is 6.34. The monoisotopic (exact) mass is 400 g/mol. The normalized spacial score (nSPS) is 16.9. The number of likely N-dealkylation sites (tertiary alicyclic amines) is 1. The molecular formula is C19H20N4O4S. The second-order valence-corrected chi connectivity index (χ2v) is 7.27. The SMILES string of the molecule is COc1nccc(OC2CCCN(C(=O)CSc3nc4ccccc4o3)C2)n1. The summed E-state index contributed by atoms with van der Waals surface area (Å²) in [5.41, 5.74) is 1.52. The Morgan fingerprint density at radius 2 is 2.21 bits per heavy atom. The number of hydrogen-bond donors (Lipinski definition) is 0. The first-order valence-electron chi connectivity index (χ1n) is 9.01. The summed E-state index contributed by atoms with van der Waals surface area (Å²) in [5, 5.41) is 0.507. The van der Waals surface area contributed by atoms with Gasteiger partial charge in [0.1, 0.15) is 11.6 Å². The van der Waals surface area contributed by atoms with E-state index in [0.29, 0.717) is 17.6 Å². The molecule has 9 heteroatoms. The largest absolute Gasteiger partial charge is 0.472 e. The second kappa shape index (κ2) is 8.47. The number of nitrogens with zero attached hydrogens (tertiary/aromatic N) is 4. The third-order valence-electron chi connectivity index (χ3n) is 4.40. The number of carbonyl (C=O) groups excluding carboxylic acids is 1. The van der Waals surface area contributed by atoms with Crippen molar-refractivity contribution in [2.24, 2.45) is 0 Å². The highest BCUT2D eigenvalue weighted by atomic mass is 32.2. The molecule has 146 valence electrons. The van der Waals surface area contributed by atoms with E-state index in [0.717, 1.165) is 30.5 Å². The fourth-order valence-corrected chi connectivity index (χ4v) is 3.79. The molecule has 1 unspecified atom stereocenters. The van der Waals surface area contributed by atoms with Gasteiger partial charge in [0.15, 0.2) is 5.58 Å². The van der Waals surface area contributed by atoms with E-state index < -0.39 is 0 Å². The number of ether oxygens (including phenoxy) is 2. The number of benzene rings is 1. The molecule has 2 aromatic heterocycles. The van der Waals surface area contributed by atoms with Gasteiger partial charge in [-0.05, 0) is 25.0 Å². The number of amides is 1. The highest BCUT2D eigenvalue weighted by Gasteiger charge is 2.25. The number of fused-ring (bicyclic) bond motifs is 1. The minimum absolute atomic E-state index is 0.0424. The zero-order valence-corrected chi connectivity index (χ0v) is 16.2. The number of thioether (sulfide) groups is 1. The van der Waals surface area contributed by atoms with Gasteiger partial charge in [-0.1, -0.05) is 23.9 Å². The molecule has 0 saturated carbocycles. The van der Waals surface area contributed by atoms with Gasteiger partial charge < -0.3 is 18.8 Å². The van der Waals surface area contributed by atoms with Crippen molar-refractivity contribution in [1.29, 1.82) is 0 Å². The summed E-state index contributed by atoms with van der Waals surface area (Å²) in [7, 11) is 1.51. The highest BCUT2D eigenvalue weighted by Crippen LogP contribution is 2.24. The Morgan fingerprint density at radius 1 is 1.32 bits per heavy atom. The van der Waals surface area contributed by atoms with Crippen molar-refractivity contribution in [3.05, 3.63) is 36.5 Å². The van der Waals surface area contributed by atoms with Gasteiger partial charge in [0.2, 0.25) is 11.8 Å². The van der Waals surface area contributed by atoms with E-state index in [4.69, 9.17) is 13.9 Å². The lowest BCUT2D eigenvalue weighted by Gasteiger charge is -2.32. The Balaban J connectivity index is 1.32. The van der Waals surface area contributed by atoms with Crippen LogP contribution in [0.2, 0.25) is 0 Å². The maximum atomic E-state index is 12.6. The molecule has 3 heterocycles. The van der Waals surface area contributed by atoms with Crippen LogP contribution in [0.25, 0.3) is 11.1 Å². The smallest absolute Gasteiger partial charge is 0.319 e. The zero-order valence-electron chi connectivity index (χ0n) is 15.4. The van der Waals surface area contributed by atoms with Crippen molar-refractivity contribution < 1.29 is 18.7 Å². The Labute approximate surface area is 166 Å². The lowest BCUT2D eigenvalue weighted by Crippen LogP contribution is -2.45. The fourth-order valence-electron chi connectivity index (χ4n) is 3.05. The summed E-state index contributed by atoms with van der Waals surface area (Å²) in [5.74, 6) is 0.772. The summed E-state index contributed by atoms with van der Waals surface area (Å²) >= 11 is 1.31. The molecule has 28 heavy (non-hydrogen) atoms. The van der Waals surface area contributed by atoms with Crippen molar-refractivity contribution in [3.8, 4) is 11.9 Å². The standard InChI is InChI=1S/C19H20N4O4S/c1-25-18-20-9-8-16(22-18)26-13-5-4-10-23(11-13)17(24)12-28-19-21-14-6-2-3-7-15(14)27-19/h2-3,6-9,13H,4-5,10-12H2,1H3. The van der Waals surface area contributed by atoms with Crippen LogP contribution in [0.5, 0.6) is 11.9 Å². The minimum Gasteiger partial charge on any atom is -0.472 e. The topological polar surface area (TPSA) is 90.6 Å². The molecule has 1 saturated heterocycles. The first-order chi connectivity index (χ1) is 13.7. The van der Waals surface area contributed by atoms with Crippen LogP contribution in [0.1, 0.15) is 12.8 Å². The first kappa shape index (κ1) is 18.5.